The summed E-state index contributed by atoms with van der Waals surface area (Å²) in [5.74, 6) is 0.116. The number of quaternary nitrogens is 2. The normalized spacial score (nSPS) is 20.8. The van der Waals surface area contributed by atoms with Crippen molar-refractivity contribution in [3.63, 3.8) is 0 Å². The molecule has 1 amide bonds. The molecule has 0 unspecified atom stereocenters. The SMILES string of the molecule is C[C@@H](NC(=O)C[NH+]1CC[NH+](C/C=C/c2ccccc2)CC1)c1ccc(Cl)cc1. The van der Waals surface area contributed by atoms with Gasteiger partial charge in [-0.2, -0.15) is 0 Å². The Labute approximate surface area is 172 Å². The minimum Gasteiger partial charge on any atom is -0.345 e. The number of carbonyl (C=O) groups excluding carboxylic acids is 1. The first-order valence-corrected chi connectivity index (χ1v) is 10.4. The molecule has 1 aliphatic rings. The van der Waals surface area contributed by atoms with Crippen LogP contribution in [0.2, 0.25) is 5.02 Å². The highest BCUT2D eigenvalue weighted by Gasteiger charge is 2.24. The average molecular weight is 400 g/mol. The van der Waals surface area contributed by atoms with Gasteiger partial charge in [0.25, 0.3) is 5.91 Å². The van der Waals surface area contributed by atoms with Crippen LogP contribution in [0.15, 0.2) is 60.7 Å². The number of hydrogen-bond donors (Lipinski definition) is 3. The molecule has 0 saturated carbocycles. The zero-order valence-corrected chi connectivity index (χ0v) is 17.2. The summed E-state index contributed by atoms with van der Waals surface area (Å²) < 4.78 is 0. The fourth-order valence-corrected chi connectivity index (χ4v) is 3.74. The van der Waals surface area contributed by atoms with Crippen molar-refractivity contribution in [3.8, 4) is 0 Å². The summed E-state index contributed by atoms with van der Waals surface area (Å²) in [5.41, 5.74) is 2.32. The standard InChI is InChI=1S/C23H28ClN3O/c1-19(21-9-11-22(24)12-10-21)25-23(28)18-27-16-14-26(15-17-27)13-5-8-20-6-3-2-4-7-20/h2-12,19H,13-18H2,1H3,(H,25,28)/p+2/b8-5+/t19-/m1/s1. The molecule has 4 nitrogen and oxygen atoms in total. The first kappa shape index (κ1) is 20.6. The molecule has 2 aromatic carbocycles. The van der Waals surface area contributed by atoms with Crippen LogP contribution in [0, 0.1) is 0 Å². The second kappa shape index (κ2) is 10.4. The van der Waals surface area contributed by atoms with Crippen molar-refractivity contribution in [2.75, 3.05) is 39.3 Å². The summed E-state index contributed by atoms with van der Waals surface area (Å²) in [6.07, 6.45) is 4.45. The summed E-state index contributed by atoms with van der Waals surface area (Å²) >= 11 is 5.93. The second-order valence-electron chi connectivity index (χ2n) is 7.53. The highest BCUT2D eigenvalue weighted by Crippen LogP contribution is 2.15. The zero-order chi connectivity index (χ0) is 19.8. The number of halogens is 1. The lowest BCUT2D eigenvalue weighted by Gasteiger charge is -2.29. The van der Waals surface area contributed by atoms with Gasteiger partial charge in [0, 0.05) is 5.02 Å². The first-order chi connectivity index (χ1) is 13.6. The number of amides is 1. The Morgan fingerprint density at radius 1 is 1.04 bits per heavy atom. The molecule has 1 saturated heterocycles. The van der Waals surface area contributed by atoms with Gasteiger partial charge in [-0.25, -0.2) is 0 Å². The van der Waals surface area contributed by atoms with E-state index in [4.69, 9.17) is 11.6 Å². The van der Waals surface area contributed by atoms with Crippen LogP contribution in [0.3, 0.4) is 0 Å². The van der Waals surface area contributed by atoms with Crippen molar-refractivity contribution in [2.45, 2.75) is 13.0 Å². The molecule has 0 aliphatic carbocycles. The fourth-order valence-electron chi connectivity index (χ4n) is 3.62. The van der Waals surface area contributed by atoms with E-state index in [1.165, 1.54) is 10.5 Å². The lowest BCUT2D eigenvalue weighted by molar-refractivity contribution is -1.01. The number of piperazine rings is 1. The molecule has 148 valence electrons. The lowest BCUT2D eigenvalue weighted by atomic mass is 10.1. The Kier molecular flexibility index (Phi) is 7.66. The molecule has 2 aromatic rings. The van der Waals surface area contributed by atoms with Gasteiger partial charge >= 0.3 is 0 Å². The van der Waals surface area contributed by atoms with E-state index in [2.05, 4.69) is 41.7 Å². The monoisotopic (exact) mass is 399 g/mol. The van der Waals surface area contributed by atoms with Crippen molar-refractivity contribution in [1.29, 1.82) is 0 Å². The smallest absolute Gasteiger partial charge is 0.275 e. The van der Waals surface area contributed by atoms with E-state index < -0.39 is 0 Å². The van der Waals surface area contributed by atoms with Gasteiger partial charge in [0.05, 0.1) is 12.6 Å². The third kappa shape index (κ3) is 6.48. The number of hydrogen-bond acceptors (Lipinski definition) is 1. The number of benzene rings is 2. The molecule has 0 aromatic heterocycles. The van der Waals surface area contributed by atoms with Crippen molar-refractivity contribution in [2.24, 2.45) is 0 Å². The number of carbonyl (C=O) groups is 1. The van der Waals surface area contributed by atoms with E-state index in [9.17, 15) is 4.79 Å². The summed E-state index contributed by atoms with van der Waals surface area (Å²) in [6.45, 7) is 7.89. The molecule has 0 bridgehead atoms. The molecule has 1 aliphatic heterocycles. The minimum absolute atomic E-state index is 0.000737. The summed E-state index contributed by atoms with van der Waals surface area (Å²) in [4.78, 5) is 15.4. The van der Waals surface area contributed by atoms with Gasteiger partial charge in [-0.3, -0.25) is 4.79 Å². The van der Waals surface area contributed by atoms with Crippen LogP contribution in [0.5, 0.6) is 0 Å². The Morgan fingerprint density at radius 2 is 1.68 bits per heavy atom. The van der Waals surface area contributed by atoms with Crippen LogP contribution in [0.25, 0.3) is 6.08 Å². The van der Waals surface area contributed by atoms with E-state index in [1.54, 1.807) is 4.90 Å². The van der Waals surface area contributed by atoms with Gasteiger partial charge in [-0.1, -0.05) is 60.1 Å². The predicted molar refractivity (Wildman–Crippen MR) is 115 cm³/mol. The van der Waals surface area contributed by atoms with Gasteiger partial charge in [-0.05, 0) is 36.3 Å². The molecule has 5 heteroatoms. The Hall–Kier alpha value is -2.14. The average Bonchev–Trinajstić information content (AvgIpc) is 2.70. The van der Waals surface area contributed by atoms with Crippen LogP contribution in [-0.2, 0) is 4.79 Å². The topological polar surface area (TPSA) is 38.0 Å². The zero-order valence-electron chi connectivity index (χ0n) is 16.5. The van der Waals surface area contributed by atoms with Crippen LogP contribution in [-0.4, -0.2) is 45.2 Å². The molecule has 3 N–H and O–H groups in total. The second-order valence-corrected chi connectivity index (χ2v) is 7.97. The van der Waals surface area contributed by atoms with Gasteiger partial charge in [0.1, 0.15) is 26.2 Å². The maximum absolute atomic E-state index is 12.4. The van der Waals surface area contributed by atoms with Gasteiger partial charge < -0.3 is 15.1 Å². The van der Waals surface area contributed by atoms with Crippen LogP contribution in [0.4, 0.5) is 0 Å². The predicted octanol–water partition coefficient (Wildman–Crippen LogP) is 1.01. The maximum atomic E-state index is 12.4. The highest BCUT2D eigenvalue weighted by atomic mass is 35.5. The molecule has 1 atom stereocenters. The van der Waals surface area contributed by atoms with Gasteiger partial charge in [-0.15, -0.1) is 0 Å². The van der Waals surface area contributed by atoms with Crippen molar-refractivity contribution < 1.29 is 14.6 Å². The quantitative estimate of drug-likeness (QED) is 0.639. The van der Waals surface area contributed by atoms with E-state index in [1.807, 2.05) is 37.3 Å². The molecule has 1 fully saturated rings. The third-order valence-electron chi connectivity index (χ3n) is 5.34. The van der Waals surface area contributed by atoms with Crippen molar-refractivity contribution in [1.82, 2.24) is 5.32 Å². The van der Waals surface area contributed by atoms with E-state index in [0.29, 0.717) is 11.6 Å². The van der Waals surface area contributed by atoms with Gasteiger partial charge in [0.2, 0.25) is 0 Å². The fraction of sp³-hybridized carbons (Fsp3) is 0.348. The first-order valence-electron chi connectivity index (χ1n) is 10.0. The minimum atomic E-state index is -0.000737. The molecule has 0 radical (unpaired) electrons. The van der Waals surface area contributed by atoms with Crippen molar-refractivity contribution in [3.05, 3.63) is 76.8 Å². The van der Waals surface area contributed by atoms with Gasteiger partial charge in [0.15, 0.2) is 6.54 Å². The molecule has 28 heavy (non-hydrogen) atoms. The Morgan fingerprint density at radius 3 is 2.36 bits per heavy atom. The number of rotatable bonds is 7. The molecular formula is C23H30ClN3O+2. The van der Waals surface area contributed by atoms with E-state index in [-0.39, 0.29) is 11.9 Å². The largest absolute Gasteiger partial charge is 0.345 e. The van der Waals surface area contributed by atoms with Crippen LogP contribution >= 0.6 is 11.6 Å². The maximum Gasteiger partial charge on any atom is 0.275 e. The third-order valence-corrected chi connectivity index (χ3v) is 5.59. The van der Waals surface area contributed by atoms with Crippen LogP contribution < -0.4 is 15.1 Å². The summed E-state index contributed by atoms with van der Waals surface area (Å²) in [6, 6.07) is 18.1. The molecule has 3 rings (SSSR count). The van der Waals surface area contributed by atoms with E-state index in [0.717, 1.165) is 38.3 Å². The Balaban J connectivity index is 1.37. The highest BCUT2D eigenvalue weighted by molar-refractivity contribution is 6.30. The molecular weight excluding hydrogens is 370 g/mol. The summed E-state index contributed by atoms with van der Waals surface area (Å²) in [7, 11) is 0. The lowest BCUT2D eigenvalue weighted by Crippen LogP contribution is -3.28. The van der Waals surface area contributed by atoms with E-state index >= 15 is 0 Å². The van der Waals surface area contributed by atoms with Crippen molar-refractivity contribution >= 4 is 23.6 Å². The summed E-state index contributed by atoms with van der Waals surface area (Å²) in [5, 5.41) is 3.82. The van der Waals surface area contributed by atoms with Crippen LogP contribution in [0.1, 0.15) is 24.1 Å². The number of nitrogens with one attached hydrogen (secondary N) is 3. The molecule has 1 heterocycles. The Bertz CT molecular complexity index is 768. The molecule has 0 spiro atoms.